The first-order chi connectivity index (χ1) is 5.41. The quantitative estimate of drug-likeness (QED) is 0.359. The van der Waals surface area contributed by atoms with Gasteiger partial charge < -0.3 is 25.9 Å². The van der Waals surface area contributed by atoms with Crippen LogP contribution in [0.25, 0.3) is 0 Å². The van der Waals surface area contributed by atoms with E-state index in [1.54, 1.807) is 6.92 Å². The van der Waals surface area contributed by atoms with Crippen LogP contribution in [0.15, 0.2) is 0 Å². The molecule has 82 valence electrons. The molecule has 0 aromatic carbocycles. The number of carbonyl (C=O) groups is 1. The zero-order valence-corrected chi connectivity index (χ0v) is 10.7. The minimum atomic E-state index is -1.23. The van der Waals surface area contributed by atoms with Crippen molar-refractivity contribution in [2.75, 3.05) is 6.61 Å². The van der Waals surface area contributed by atoms with Crippen molar-refractivity contribution in [3.05, 3.63) is 0 Å². The summed E-state index contributed by atoms with van der Waals surface area (Å²) in [4.78, 5) is 9.45. The molecule has 0 saturated heterocycles. The molecule has 0 rings (SSSR count). The predicted molar refractivity (Wildman–Crippen MR) is 44.6 cm³/mol. The Hall–Kier alpha value is 0.310. The fourth-order valence-corrected chi connectivity index (χ4v) is 0.187. The van der Waals surface area contributed by atoms with E-state index in [9.17, 15) is 4.79 Å². The average molecular weight is 220 g/mol. The zero-order valence-electron chi connectivity index (χ0n) is 8.71. The van der Waals surface area contributed by atoms with Gasteiger partial charge in [-0.2, -0.15) is 0 Å². The smallest absolute Gasteiger partial charge is 0.870 e. The molecular formula is C7H17NaO6. The Balaban J connectivity index is -0.0000000625. The number of aliphatic carboxylic acids is 1. The van der Waals surface area contributed by atoms with E-state index < -0.39 is 12.1 Å². The second kappa shape index (κ2) is 15.8. The summed E-state index contributed by atoms with van der Waals surface area (Å²) in [5, 5.41) is 32.2. The maximum Gasteiger partial charge on any atom is 1.00 e. The largest absolute Gasteiger partial charge is 1.00 e. The van der Waals surface area contributed by atoms with Gasteiger partial charge in [0.05, 0.1) is 6.10 Å². The summed E-state index contributed by atoms with van der Waals surface area (Å²) in [6, 6.07) is 0. The Morgan fingerprint density at radius 3 is 1.57 bits per heavy atom. The third-order valence-corrected chi connectivity index (χ3v) is 0.904. The van der Waals surface area contributed by atoms with Crippen molar-refractivity contribution < 1.29 is 60.3 Å². The molecule has 0 bridgehead atoms. The fraction of sp³-hybridized carbons (Fsp3) is 0.857. The van der Waals surface area contributed by atoms with Crippen molar-refractivity contribution in [3.8, 4) is 0 Å². The maximum absolute atomic E-state index is 9.45. The molecule has 0 heterocycles. The minimum Gasteiger partial charge on any atom is -0.870 e. The molecular weight excluding hydrogens is 203 g/mol. The Morgan fingerprint density at radius 1 is 1.29 bits per heavy atom. The van der Waals surface area contributed by atoms with E-state index in [0.717, 1.165) is 0 Å². The standard InChI is InChI=1S/C4H10O2.C3H6O3.Na.H2O/c1-4(6)2-3-5;1-2(4)3(5)6;;/h4-6H,2-3H2,1H3;2,4H,1H3,(H,5,6);;1H2/q;;+1;/p-1. The van der Waals surface area contributed by atoms with Gasteiger partial charge in [0.1, 0.15) is 6.10 Å². The topological polar surface area (TPSA) is 128 Å². The van der Waals surface area contributed by atoms with Gasteiger partial charge in [-0.1, -0.05) is 0 Å². The van der Waals surface area contributed by atoms with Crippen molar-refractivity contribution in [2.45, 2.75) is 32.5 Å². The summed E-state index contributed by atoms with van der Waals surface area (Å²) in [6.07, 6.45) is -1.10. The molecule has 0 aliphatic heterocycles. The molecule has 2 unspecified atom stereocenters. The first kappa shape index (κ1) is 23.8. The second-order valence-corrected chi connectivity index (χ2v) is 2.38. The van der Waals surface area contributed by atoms with E-state index in [4.69, 9.17) is 20.4 Å². The number of rotatable bonds is 3. The zero-order chi connectivity index (χ0) is 10.1. The fourth-order valence-electron chi connectivity index (χ4n) is 0.187. The molecule has 0 fully saturated rings. The average Bonchev–Trinajstić information content (AvgIpc) is 1.87. The van der Waals surface area contributed by atoms with Crippen molar-refractivity contribution in [2.24, 2.45) is 0 Å². The van der Waals surface area contributed by atoms with Gasteiger partial charge in [-0.05, 0) is 20.3 Å². The summed E-state index contributed by atoms with van der Waals surface area (Å²) < 4.78 is 0. The van der Waals surface area contributed by atoms with Crippen LogP contribution in [0.1, 0.15) is 20.3 Å². The van der Waals surface area contributed by atoms with Crippen LogP contribution >= 0.6 is 0 Å². The molecule has 0 radical (unpaired) electrons. The van der Waals surface area contributed by atoms with Crippen molar-refractivity contribution >= 4 is 5.97 Å². The molecule has 2 atom stereocenters. The van der Waals surface area contributed by atoms with Gasteiger partial charge in [-0.25, -0.2) is 4.79 Å². The van der Waals surface area contributed by atoms with Gasteiger partial charge in [0.25, 0.3) is 0 Å². The van der Waals surface area contributed by atoms with E-state index in [-0.39, 0.29) is 47.7 Å². The van der Waals surface area contributed by atoms with E-state index in [1.165, 1.54) is 6.92 Å². The molecule has 0 spiro atoms. The minimum absolute atomic E-state index is 0. The molecule has 0 aliphatic carbocycles. The van der Waals surface area contributed by atoms with Gasteiger partial charge in [-0.3, -0.25) is 0 Å². The van der Waals surface area contributed by atoms with Crippen LogP contribution < -0.4 is 29.6 Å². The normalized spacial score (nSPS) is 12.1. The monoisotopic (exact) mass is 220 g/mol. The molecule has 0 aromatic rings. The van der Waals surface area contributed by atoms with Gasteiger partial charge in [-0.15, -0.1) is 0 Å². The second-order valence-electron chi connectivity index (χ2n) is 2.38. The van der Waals surface area contributed by atoms with Crippen LogP contribution in [0.5, 0.6) is 0 Å². The van der Waals surface area contributed by atoms with Crippen molar-refractivity contribution in [3.63, 3.8) is 0 Å². The maximum atomic E-state index is 9.45. The van der Waals surface area contributed by atoms with Gasteiger partial charge in [0, 0.05) is 6.61 Å². The summed E-state index contributed by atoms with van der Waals surface area (Å²) in [5.74, 6) is -1.19. The van der Waals surface area contributed by atoms with E-state index in [2.05, 4.69) is 0 Å². The molecule has 5 N–H and O–H groups in total. The van der Waals surface area contributed by atoms with Crippen LogP contribution in [0, 0.1) is 0 Å². The summed E-state index contributed by atoms with van der Waals surface area (Å²) >= 11 is 0. The van der Waals surface area contributed by atoms with Crippen molar-refractivity contribution in [1.82, 2.24) is 0 Å². The summed E-state index contributed by atoms with van der Waals surface area (Å²) in [6.45, 7) is 2.93. The third-order valence-electron chi connectivity index (χ3n) is 0.904. The van der Waals surface area contributed by atoms with Crippen LogP contribution in [-0.4, -0.2) is 50.7 Å². The molecule has 0 aromatic heterocycles. The molecule has 7 heteroatoms. The third kappa shape index (κ3) is 29.5. The molecule has 0 aliphatic rings. The molecule has 14 heavy (non-hydrogen) atoms. The van der Waals surface area contributed by atoms with E-state index in [0.29, 0.717) is 6.42 Å². The number of carboxylic acids is 1. The molecule has 0 saturated carbocycles. The van der Waals surface area contributed by atoms with E-state index in [1.807, 2.05) is 0 Å². The van der Waals surface area contributed by atoms with Crippen LogP contribution in [0.4, 0.5) is 0 Å². The van der Waals surface area contributed by atoms with Crippen LogP contribution in [0.3, 0.4) is 0 Å². The summed E-state index contributed by atoms with van der Waals surface area (Å²) in [7, 11) is 0. The number of aliphatic hydroxyl groups excluding tert-OH is 3. The number of aliphatic hydroxyl groups is 3. The van der Waals surface area contributed by atoms with Crippen LogP contribution in [-0.2, 0) is 4.79 Å². The molecule has 6 nitrogen and oxygen atoms in total. The Kier molecular flexibility index (Phi) is 26.9. The Morgan fingerprint density at radius 2 is 1.57 bits per heavy atom. The van der Waals surface area contributed by atoms with Crippen LogP contribution in [0.2, 0.25) is 0 Å². The Bertz CT molecular complexity index is 117. The number of hydrogen-bond acceptors (Lipinski definition) is 5. The Labute approximate surface area is 105 Å². The van der Waals surface area contributed by atoms with E-state index >= 15 is 0 Å². The van der Waals surface area contributed by atoms with Gasteiger partial charge in [0.2, 0.25) is 0 Å². The number of carboxylic acid groups (broad SMARTS) is 1. The predicted octanol–water partition coefficient (Wildman–Crippen LogP) is -3.97. The van der Waals surface area contributed by atoms with Gasteiger partial charge >= 0.3 is 35.5 Å². The first-order valence-corrected chi connectivity index (χ1v) is 3.61. The van der Waals surface area contributed by atoms with Crippen molar-refractivity contribution in [1.29, 1.82) is 0 Å². The first-order valence-electron chi connectivity index (χ1n) is 3.61. The molecule has 0 amide bonds. The number of hydrogen-bond donors (Lipinski definition) is 4. The van der Waals surface area contributed by atoms with Gasteiger partial charge in [0.15, 0.2) is 0 Å². The summed E-state index contributed by atoms with van der Waals surface area (Å²) in [5.41, 5.74) is 0. The SMILES string of the molecule is CC(O)C(=O)O.CC(O)CCO.[Na+].[OH-].